The Hall–Kier alpha value is -2.03. The standard InChI is InChI=1S/C15H16N2O/c1-11-4-5-12(15(18)16-13-6-7-13)10-14(11)17-8-2-3-9-17/h2-5,8-10,13H,6-7H2,1H3,(H,16,18). The van der Waals surface area contributed by atoms with Crippen molar-refractivity contribution in [3.63, 3.8) is 0 Å². The first kappa shape index (κ1) is 11.1. The molecule has 1 aliphatic carbocycles. The van der Waals surface area contributed by atoms with E-state index in [1.54, 1.807) is 0 Å². The molecular formula is C15H16N2O. The molecule has 0 unspecified atom stereocenters. The molecular weight excluding hydrogens is 224 g/mol. The quantitative estimate of drug-likeness (QED) is 0.879. The average molecular weight is 240 g/mol. The van der Waals surface area contributed by atoms with Crippen LogP contribution in [-0.2, 0) is 0 Å². The van der Waals surface area contributed by atoms with Gasteiger partial charge in [-0.1, -0.05) is 6.07 Å². The summed E-state index contributed by atoms with van der Waals surface area (Å²) in [7, 11) is 0. The van der Waals surface area contributed by atoms with Crippen LogP contribution in [0, 0.1) is 6.92 Å². The van der Waals surface area contributed by atoms with Crippen molar-refractivity contribution in [3.05, 3.63) is 53.9 Å². The van der Waals surface area contributed by atoms with E-state index in [0.717, 1.165) is 29.7 Å². The molecule has 0 aliphatic heterocycles. The van der Waals surface area contributed by atoms with Crippen molar-refractivity contribution in [1.82, 2.24) is 9.88 Å². The van der Waals surface area contributed by atoms with E-state index in [1.807, 2.05) is 47.3 Å². The Balaban J connectivity index is 1.92. The van der Waals surface area contributed by atoms with Gasteiger partial charge in [-0.2, -0.15) is 0 Å². The van der Waals surface area contributed by atoms with Crippen molar-refractivity contribution >= 4 is 5.91 Å². The van der Waals surface area contributed by atoms with Crippen LogP contribution in [0.1, 0.15) is 28.8 Å². The normalized spacial score (nSPS) is 14.5. The predicted octanol–water partition coefficient (Wildman–Crippen LogP) is 2.68. The van der Waals surface area contributed by atoms with E-state index >= 15 is 0 Å². The molecule has 1 amide bonds. The topological polar surface area (TPSA) is 34.0 Å². The van der Waals surface area contributed by atoms with Crippen molar-refractivity contribution in [2.24, 2.45) is 0 Å². The second kappa shape index (κ2) is 4.33. The molecule has 3 nitrogen and oxygen atoms in total. The van der Waals surface area contributed by atoms with Crippen molar-refractivity contribution in [2.45, 2.75) is 25.8 Å². The van der Waals surface area contributed by atoms with E-state index < -0.39 is 0 Å². The fourth-order valence-electron chi connectivity index (χ4n) is 2.02. The first-order chi connectivity index (χ1) is 8.74. The molecule has 1 aromatic heterocycles. The maximum Gasteiger partial charge on any atom is 0.251 e. The largest absolute Gasteiger partial charge is 0.349 e. The molecule has 1 fully saturated rings. The van der Waals surface area contributed by atoms with E-state index in [-0.39, 0.29) is 5.91 Å². The maximum absolute atomic E-state index is 12.0. The monoisotopic (exact) mass is 240 g/mol. The summed E-state index contributed by atoms with van der Waals surface area (Å²) in [6.07, 6.45) is 6.21. The van der Waals surface area contributed by atoms with Gasteiger partial charge >= 0.3 is 0 Å². The molecule has 0 spiro atoms. The van der Waals surface area contributed by atoms with E-state index in [9.17, 15) is 4.79 Å². The van der Waals surface area contributed by atoms with Crippen LogP contribution in [0.3, 0.4) is 0 Å². The van der Waals surface area contributed by atoms with Crippen LogP contribution >= 0.6 is 0 Å². The van der Waals surface area contributed by atoms with Gasteiger partial charge in [0.15, 0.2) is 0 Å². The summed E-state index contributed by atoms with van der Waals surface area (Å²) in [6, 6.07) is 10.2. The number of carbonyl (C=O) groups excluding carboxylic acids is 1. The number of nitrogens with one attached hydrogen (secondary N) is 1. The Labute approximate surface area is 106 Å². The van der Waals surface area contributed by atoms with E-state index in [0.29, 0.717) is 6.04 Å². The second-order valence-corrected chi connectivity index (χ2v) is 4.84. The number of carbonyl (C=O) groups is 1. The van der Waals surface area contributed by atoms with Gasteiger partial charge in [0, 0.05) is 29.7 Å². The molecule has 1 saturated carbocycles. The van der Waals surface area contributed by atoms with Gasteiger partial charge in [0.05, 0.1) is 0 Å². The minimum absolute atomic E-state index is 0.0332. The van der Waals surface area contributed by atoms with Crippen molar-refractivity contribution in [3.8, 4) is 5.69 Å². The smallest absolute Gasteiger partial charge is 0.251 e. The number of hydrogen-bond acceptors (Lipinski definition) is 1. The van der Waals surface area contributed by atoms with Crippen LogP contribution in [0.5, 0.6) is 0 Å². The molecule has 0 radical (unpaired) electrons. The summed E-state index contributed by atoms with van der Waals surface area (Å²) in [5.41, 5.74) is 2.95. The van der Waals surface area contributed by atoms with Gasteiger partial charge in [-0.3, -0.25) is 4.79 Å². The summed E-state index contributed by atoms with van der Waals surface area (Å²) >= 11 is 0. The van der Waals surface area contributed by atoms with Crippen LogP contribution < -0.4 is 5.32 Å². The van der Waals surface area contributed by atoms with Gasteiger partial charge in [-0.15, -0.1) is 0 Å². The van der Waals surface area contributed by atoms with Gasteiger partial charge in [0.25, 0.3) is 5.91 Å². The van der Waals surface area contributed by atoms with Gasteiger partial charge < -0.3 is 9.88 Å². The molecule has 92 valence electrons. The highest BCUT2D eigenvalue weighted by molar-refractivity contribution is 5.95. The molecule has 3 rings (SSSR count). The SMILES string of the molecule is Cc1ccc(C(=O)NC2CC2)cc1-n1cccc1. The number of rotatable bonds is 3. The van der Waals surface area contributed by atoms with Crippen molar-refractivity contribution < 1.29 is 4.79 Å². The number of nitrogens with zero attached hydrogens (tertiary/aromatic N) is 1. The van der Waals surface area contributed by atoms with Gasteiger partial charge in [0.2, 0.25) is 0 Å². The molecule has 0 bridgehead atoms. The van der Waals surface area contributed by atoms with E-state index in [4.69, 9.17) is 0 Å². The molecule has 0 saturated heterocycles. The number of aryl methyl sites for hydroxylation is 1. The lowest BCUT2D eigenvalue weighted by Crippen LogP contribution is -2.25. The highest BCUT2D eigenvalue weighted by Crippen LogP contribution is 2.21. The molecule has 1 aromatic carbocycles. The average Bonchev–Trinajstić information content (AvgIpc) is 3.01. The van der Waals surface area contributed by atoms with Crippen LogP contribution in [0.25, 0.3) is 5.69 Å². The second-order valence-electron chi connectivity index (χ2n) is 4.84. The summed E-state index contributed by atoms with van der Waals surface area (Å²) in [4.78, 5) is 12.0. The molecule has 2 aromatic rings. The molecule has 1 heterocycles. The lowest BCUT2D eigenvalue weighted by Gasteiger charge is -2.10. The minimum Gasteiger partial charge on any atom is -0.349 e. The third-order valence-electron chi connectivity index (χ3n) is 3.27. The zero-order valence-corrected chi connectivity index (χ0v) is 10.4. The molecule has 18 heavy (non-hydrogen) atoms. The fraction of sp³-hybridized carbons (Fsp3) is 0.267. The highest BCUT2D eigenvalue weighted by Gasteiger charge is 2.23. The summed E-state index contributed by atoms with van der Waals surface area (Å²) in [6.45, 7) is 2.05. The van der Waals surface area contributed by atoms with Crippen LogP contribution in [-0.4, -0.2) is 16.5 Å². The van der Waals surface area contributed by atoms with Gasteiger partial charge in [-0.25, -0.2) is 0 Å². The first-order valence-corrected chi connectivity index (χ1v) is 6.29. The third kappa shape index (κ3) is 2.16. The Morgan fingerprint density at radius 3 is 2.67 bits per heavy atom. The summed E-state index contributed by atoms with van der Waals surface area (Å²) in [5.74, 6) is 0.0332. The fourth-order valence-corrected chi connectivity index (χ4v) is 2.02. The molecule has 1 aliphatic rings. The number of amides is 1. The first-order valence-electron chi connectivity index (χ1n) is 6.29. The number of hydrogen-bond donors (Lipinski definition) is 1. The highest BCUT2D eigenvalue weighted by atomic mass is 16.1. The molecule has 0 atom stereocenters. The lowest BCUT2D eigenvalue weighted by atomic mass is 10.1. The summed E-state index contributed by atoms with van der Waals surface area (Å²) < 4.78 is 2.03. The van der Waals surface area contributed by atoms with Crippen LogP contribution in [0.2, 0.25) is 0 Å². The zero-order valence-electron chi connectivity index (χ0n) is 10.4. The lowest BCUT2D eigenvalue weighted by molar-refractivity contribution is 0.0951. The van der Waals surface area contributed by atoms with E-state index in [2.05, 4.69) is 12.2 Å². The van der Waals surface area contributed by atoms with Crippen LogP contribution in [0.15, 0.2) is 42.7 Å². The Morgan fingerprint density at radius 1 is 1.28 bits per heavy atom. The van der Waals surface area contributed by atoms with E-state index in [1.165, 1.54) is 0 Å². The van der Waals surface area contributed by atoms with Crippen molar-refractivity contribution in [1.29, 1.82) is 0 Å². The Kier molecular flexibility index (Phi) is 2.67. The maximum atomic E-state index is 12.0. The van der Waals surface area contributed by atoms with Crippen molar-refractivity contribution in [2.75, 3.05) is 0 Å². The number of benzene rings is 1. The minimum atomic E-state index is 0.0332. The molecule has 1 N–H and O–H groups in total. The van der Waals surface area contributed by atoms with Gasteiger partial charge in [-0.05, 0) is 49.6 Å². The van der Waals surface area contributed by atoms with Gasteiger partial charge in [0.1, 0.15) is 0 Å². The summed E-state index contributed by atoms with van der Waals surface area (Å²) in [5, 5.41) is 3.01. The Morgan fingerprint density at radius 2 is 2.00 bits per heavy atom. The van der Waals surface area contributed by atoms with Crippen LogP contribution in [0.4, 0.5) is 0 Å². The third-order valence-corrected chi connectivity index (χ3v) is 3.27. The number of aromatic nitrogens is 1. The zero-order chi connectivity index (χ0) is 12.5. The molecule has 3 heteroatoms. The Bertz CT molecular complexity index is 568. The predicted molar refractivity (Wildman–Crippen MR) is 71.0 cm³/mol.